The Morgan fingerprint density at radius 3 is 1.85 bits per heavy atom. The second kappa shape index (κ2) is 7.75. The van der Waals surface area contributed by atoms with Crippen molar-refractivity contribution in [3.63, 3.8) is 0 Å². The van der Waals surface area contributed by atoms with Crippen LogP contribution >= 0.6 is 0 Å². The van der Waals surface area contributed by atoms with Crippen LogP contribution in [0, 0.1) is 0 Å². The van der Waals surface area contributed by atoms with Crippen LogP contribution in [0.5, 0.6) is 0 Å². The number of aromatic nitrogens is 1. The van der Waals surface area contributed by atoms with Crippen molar-refractivity contribution in [3.05, 3.63) is 132 Å². The Kier molecular flexibility index (Phi) is 4.58. The molecule has 0 atom stereocenters. The first-order valence-electron chi connectivity index (χ1n) is 11.3. The van der Waals surface area contributed by atoms with Gasteiger partial charge in [-0.25, -0.2) is 0 Å². The van der Waals surface area contributed by atoms with Crippen LogP contribution < -0.4 is 0 Å². The molecular weight excluding hydrogens is 400 g/mol. The highest BCUT2D eigenvalue weighted by Gasteiger charge is 2.33. The molecule has 1 aromatic heterocycles. The van der Waals surface area contributed by atoms with Crippen molar-refractivity contribution in [1.29, 1.82) is 0 Å². The summed E-state index contributed by atoms with van der Waals surface area (Å²) in [4.78, 5) is 0. The minimum atomic E-state index is 1.22. The van der Waals surface area contributed by atoms with Crippen LogP contribution in [0.3, 0.4) is 0 Å². The van der Waals surface area contributed by atoms with E-state index in [2.05, 4.69) is 139 Å². The number of benzene rings is 4. The van der Waals surface area contributed by atoms with Gasteiger partial charge in [0.2, 0.25) is 11.4 Å². The minimum absolute atomic E-state index is 1.22. The lowest BCUT2D eigenvalue weighted by atomic mass is 9.99. The zero-order valence-electron chi connectivity index (χ0n) is 18.9. The molecule has 0 spiro atoms. The Morgan fingerprint density at radius 2 is 1.15 bits per heavy atom. The van der Waals surface area contributed by atoms with Crippen LogP contribution in [0.1, 0.15) is 22.4 Å². The fourth-order valence-electron chi connectivity index (χ4n) is 5.16. The van der Waals surface area contributed by atoms with Crippen molar-refractivity contribution in [2.45, 2.75) is 0 Å². The van der Waals surface area contributed by atoms with Crippen molar-refractivity contribution in [3.8, 4) is 11.3 Å². The van der Waals surface area contributed by atoms with Crippen molar-refractivity contribution >= 4 is 28.3 Å². The van der Waals surface area contributed by atoms with E-state index in [0.717, 1.165) is 0 Å². The molecule has 0 bridgehead atoms. The average molecular weight is 426 g/mol. The standard InChI is InChI=1S/C31H25N2/c1-32-28(24-17-9-11-19-26(24)30(32)22-13-5-3-6-14-22)21-29-25-18-10-12-20-27(25)31(33(29)2)23-15-7-4-8-16-23/h3-21H,1-2H3/q+1. The zero-order valence-corrected chi connectivity index (χ0v) is 18.9. The highest BCUT2D eigenvalue weighted by atomic mass is 15.0. The monoisotopic (exact) mass is 425 g/mol. The predicted molar refractivity (Wildman–Crippen MR) is 139 cm³/mol. The average Bonchev–Trinajstić information content (AvgIpc) is 3.31. The molecule has 0 fully saturated rings. The summed E-state index contributed by atoms with van der Waals surface area (Å²) in [5.74, 6) is 0. The fraction of sp³-hybridized carbons (Fsp3) is 0.0645. The molecule has 0 N–H and O–H groups in total. The van der Waals surface area contributed by atoms with Gasteiger partial charge in [0.15, 0.2) is 0 Å². The summed E-state index contributed by atoms with van der Waals surface area (Å²) in [5, 5.41) is 2.55. The third-order valence-electron chi connectivity index (χ3n) is 6.68. The Labute approximate surface area is 194 Å². The van der Waals surface area contributed by atoms with Crippen molar-refractivity contribution in [1.82, 2.24) is 4.57 Å². The van der Waals surface area contributed by atoms with Gasteiger partial charge in [0.25, 0.3) is 0 Å². The molecular formula is C31H25N2+. The third kappa shape index (κ3) is 3.07. The molecule has 0 saturated heterocycles. The van der Waals surface area contributed by atoms with Crippen molar-refractivity contribution in [2.24, 2.45) is 7.05 Å². The van der Waals surface area contributed by atoms with E-state index in [4.69, 9.17) is 0 Å². The van der Waals surface area contributed by atoms with Crippen LogP contribution in [0.15, 0.2) is 109 Å². The summed E-state index contributed by atoms with van der Waals surface area (Å²) in [6, 6.07) is 38.8. The fourth-order valence-corrected chi connectivity index (χ4v) is 5.16. The van der Waals surface area contributed by atoms with Crippen LogP contribution in [0.2, 0.25) is 0 Å². The Balaban J connectivity index is 1.63. The van der Waals surface area contributed by atoms with Gasteiger partial charge in [0.1, 0.15) is 7.05 Å². The molecule has 2 heteroatoms. The summed E-state index contributed by atoms with van der Waals surface area (Å²) in [5.41, 5.74) is 9.95. The molecule has 0 saturated carbocycles. The molecule has 158 valence electrons. The predicted octanol–water partition coefficient (Wildman–Crippen LogP) is 6.84. The SMILES string of the molecule is Cn1c(/C=C2/c3ccccc3C(c3ccccc3)=[N+]2C)c2ccccc2c1-c1ccccc1. The van der Waals surface area contributed by atoms with E-state index in [9.17, 15) is 0 Å². The van der Waals surface area contributed by atoms with Gasteiger partial charge in [-0.3, -0.25) is 0 Å². The van der Waals surface area contributed by atoms with Crippen LogP contribution in [0.25, 0.3) is 33.8 Å². The lowest BCUT2D eigenvalue weighted by Crippen LogP contribution is -2.11. The molecule has 4 aromatic carbocycles. The van der Waals surface area contributed by atoms with Gasteiger partial charge in [-0.15, -0.1) is 0 Å². The molecule has 1 aliphatic rings. The molecule has 2 nitrogen and oxygen atoms in total. The van der Waals surface area contributed by atoms with E-state index < -0.39 is 0 Å². The Morgan fingerprint density at radius 1 is 0.606 bits per heavy atom. The molecule has 5 aromatic rings. The zero-order chi connectivity index (χ0) is 22.4. The molecule has 0 aliphatic carbocycles. The second-order valence-electron chi connectivity index (χ2n) is 8.55. The van der Waals surface area contributed by atoms with Gasteiger partial charge in [-0.1, -0.05) is 84.9 Å². The molecule has 6 rings (SSSR count). The number of nitrogens with zero attached hydrogens (tertiary/aromatic N) is 2. The van der Waals surface area contributed by atoms with Gasteiger partial charge < -0.3 is 4.57 Å². The van der Waals surface area contributed by atoms with E-state index in [1.165, 1.54) is 55.8 Å². The van der Waals surface area contributed by atoms with Gasteiger partial charge in [0, 0.05) is 29.5 Å². The summed E-state index contributed by atoms with van der Waals surface area (Å²) in [6.45, 7) is 0. The Hall–Kier alpha value is -4.17. The quantitative estimate of drug-likeness (QED) is 0.280. The summed E-state index contributed by atoms with van der Waals surface area (Å²) >= 11 is 0. The number of rotatable bonds is 3. The van der Waals surface area contributed by atoms with Gasteiger partial charge in [-0.2, -0.15) is 4.58 Å². The maximum Gasteiger partial charge on any atom is 0.220 e. The largest absolute Gasteiger partial charge is 0.343 e. The first kappa shape index (κ1) is 19.5. The van der Waals surface area contributed by atoms with Crippen LogP contribution in [-0.2, 0) is 7.05 Å². The smallest absolute Gasteiger partial charge is 0.220 e. The van der Waals surface area contributed by atoms with Crippen molar-refractivity contribution in [2.75, 3.05) is 7.05 Å². The first-order valence-corrected chi connectivity index (χ1v) is 11.3. The number of hydrogen-bond acceptors (Lipinski definition) is 0. The molecule has 0 unspecified atom stereocenters. The Bertz CT molecular complexity index is 1550. The van der Waals surface area contributed by atoms with E-state index >= 15 is 0 Å². The lowest BCUT2D eigenvalue weighted by molar-refractivity contribution is -0.389. The molecule has 1 aliphatic heterocycles. The van der Waals surface area contributed by atoms with E-state index in [0.29, 0.717) is 0 Å². The summed E-state index contributed by atoms with van der Waals surface area (Å²) in [7, 11) is 4.36. The summed E-state index contributed by atoms with van der Waals surface area (Å²) < 4.78 is 4.67. The number of hydrogen-bond donors (Lipinski definition) is 0. The third-order valence-corrected chi connectivity index (χ3v) is 6.68. The van der Waals surface area contributed by atoms with E-state index in [1.807, 2.05) is 0 Å². The number of fused-ring (bicyclic) bond motifs is 2. The normalized spacial score (nSPS) is 14.3. The van der Waals surface area contributed by atoms with Gasteiger partial charge in [-0.05, 0) is 29.8 Å². The van der Waals surface area contributed by atoms with E-state index in [1.54, 1.807) is 0 Å². The molecule has 2 heterocycles. The molecule has 33 heavy (non-hydrogen) atoms. The molecule has 0 radical (unpaired) electrons. The minimum Gasteiger partial charge on any atom is -0.343 e. The van der Waals surface area contributed by atoms with Crippen LogP contribution in [0.4, 0.5) is 0 Å². The molecule has 0 amide bonds. The summed E-state index contributed by atoms with van der Waals surface area (Å²) in [6.07, 6.45) is 2.35. The van der Waals surface area contributed by atoms with Gasteiger partial charge >= 0.3 is 0 Å². The maximum atomic E-state index is 2.35. The maximum absolute atomic E-state index is 2.35. The second-order valence-corrected chi connectivity index (χ2v) is 8.55. The van der Waals surface area contributed by atoms with Gasteiger partial charge in [0.05, 0.1) is 22.5 Å². The van der Waals surface area contributed by atoms with E-state index in [-0.39, 0.29) is 0 Å². The first-order chi connectivity index (χ1) is 16.2. The topological polar surface area (TPSA) is 7.94 Å². The highest BCUT2D eigenvalue weighted by Crippen LogP contribution is 2.37. The lowest BCUT2D eigenvalue weighted by Gasteiger charge is -2.06. The van der Waals surface area contributed by atoms with Crippen LogP contribution in [-0.4, -0.2) is 21.9 Å². The van der Waals surface area contributed by atoms with Crippen molar-refractivity contribution < 1.29 is 4.58 Å². The highest BCUT2D eigenvalue weighted by molar-refractivity contribution is 6.16.